The fraction of sp³-hybridized carbons (Fsp3) is 0.424. The second-order valence-electron chi connectivity index (χ2n) is 11.2. The van der Waals surface area contributed by atoms with Gasteiger partial charge >= 0.3 is 5.97 Å². The molecule has 0 radical (unpaired) electrons. The number of carbonyl (C=O) groups excluding carboxylic acids is 3. The number of aliphatic hydroxyl groups excluding tert-OH is 1. The molecular formula is C33H37BrN2O5S. The maximum absolute atomic E-state index is 15.0. The maximum Gasteiger partial charge on any atom is 0.310 e. The number of alkyl halides is 1. The number of nitrogens with zero attached hydrogens (tertiary/aromatic N) is 2. The van der Waals surface area contributed by atoms with Gasteiger partial charge < -0.3 is 19.6 Å². The van der Waals surface area contributed by atoms with Crippen LogP contribution in [0, 0.1) is 25.7 Å². The van der Waals surface area contributed by atoms with Gasteiger partial charge in [-0.3, -0.25) is 14.4 Å². The number of rotatable bonds is 11. The van der Waals surface area contributed by atoms with Gasteiger partial charge in [-0.05, 0) is 43.4 Å². The summed E-state index contributed by atoms with van der Waals surface area (Å²) in [7, 11) is 0. The number of ether oxygens (including phenoxy) is 1. The van der Waals surface area contributed by atoms with E-state index < -0.39 is 34.6 Å². The molecule has 42 heavy (non-hydrogen) atoms. The van der Waals surface area contributed by atoms with Crippen molar-refractivity contribution >= 4 is 51.2 Å². The number of hydrogen-bond acceptors (Lipinski definition) is 6. The average molecular weight is 654 g/mol. The number of aliphatic hydroxyl groups is 1. The second-order valence-corrected chi connectivity index (χ2v) is 14.0. The number of fused-ring (bicyclic) bond motifs is 1. The summed E-state index contributed by atoms with van der Waals surface area (Å²) in [5, 5.41) is 10.5. The molecule has 0 aromatic heterocycles. The molecule has 7 nitrogen and oxygen atoms in total. The minimum absolute atomic E-state index is 0.0869. The first-order valence-electron chi connectivity index (χ1n) is 14.3. The molecule has 7 atom stereocenters. The Hall–Kier alpha value is -2.88. The van der Waals surface area contributed by atoms with Gasteiger partial charge in [0.2, 0.25) is 5.91 Å². The summed E-state index contributed by atoms with van der Waals surface area (Å²) in [6.07, 6.45) is 4.41. The van der Waals surface area contributed by atoms with Crippen molar-refractivity contribution in [3.63, 3.8) is 0 Å². The number of thioether (sulfide) groups is 1. The molecule has 2 aromatic carbocycles. The summed E-state index contributed by atoms with van der Waals surface area (Å²) in [6.45, 7) is 11.6. The van der Waals surface area contributed by atoms with Crippen LogP contribution in [0.25, 0.3) is 0 Å². The third-order valence-corrected chi connectivity index (χ3v) is 12.0. The largest absolute Gasteiger partial charge is 0.465 e. The van der Waals surface area contributed by atoms with Crippen molar-refractivity contribution in [3.05, 3.63) is 90.5 Å². The number of esters is 1. The SMILES string of the molecule is C=CCCOC(=O)[C@H]1[C@H]2C(=O)N([C@H](CO)c3ccccc3)C(C(=O)N(CC=C)c3c(C)cccc3C)C23CC(Br)[C@@H]1S3. The Morgan fingerprint density at radius 3 is 2.48 bits per heavy atom. The van der Waals surface area contributed by atoms with E-state index in [0.29, 0.717) is 12.8 Å². The molecule has 222 valence electrons. The highest BCUT2D eigenvalue weighted by atomic mass is 79.9. The Morgan fingerprint density at radius 1 is 1.17 bits per heavy atom. The first-order chi connectivity index (χ1) is 20.2. The number of hydrogen-bond donors (Lipinski definition) is 1. The number of carbonyl (C=O) groups is 3. The fourth-order valence-electron chi connectivity index (χ4n) is 7.12. The smallest absolute Gasteiger partial charge is 0.310 e. The molecule has 3 aliphatic rings. The van der Waals surface area contributed by atoms with Gasteiger partial charge in [0.15, 0.2) is 0 Å². The summed E-state index contributed by atoms with van der Waals surface area (Å²) in [5.41, 5.74) is 3.37. The Bertz CT molecular complexity index is 1370. The monoisotopic (exact) mass is 652 g/mol. The zero-order valence-corrected chi connectivity index (χ0v) is 26.4. The lowest BCUT2D eigenvalue weighted by Crippen LogP contribution is -2.56. The lowest BCUT2D eigenvalue weighted by molar-refractivity contribution is -0.154. The van der Waals surface area contributed by atoms with Crippen LogP contribution in [0.3, 0.4) is 0 Å². The van der Waals surface area contributed by atoms with Crippen molar-refractivity contribution in [3.8, 4) is 0 Å². The van der Waals surface area contributed by atoms with Gasteiger partial charge in [-0.15, -0.1) is 24.9 Å². The fourth-order valence-corrected chi connectivity index (χ4v) is 10.7. The molecule has 3 unspecified atom stereocenters. The Morgan fingerprint density at radius 2 is 1.86 bits per heavy atom. The summed E-state index contributed by atoms with van der Waals surface area (Å²) in [6, 6.07) is 13.5. The summed E-state index contributed by atoms with van der Waals surface area (Å²) < 4.78 is 4.76. The number of para-hydroxylation sites is 1. The van der Waals surface area contributed by atoms with Crippen LogP contribution < -0.4 is 4.90 Å². The van der Waals surface area contributed by atoms with Crippen LogP contribution in [-0.2, 0) is 19.1 Å². The topological polar surface area (TPSA) is 87.1 Å². The number of benzene rings is 2. The molecule has 3 heterocycles. The van der Waals surface area contributed by atoms with Crippen LogP contribution in [0.5, 0.6) is 0 Å². The van der Waals surface area contributed by atoms with E-state index in [9.17, 15) is 14.7 Å². The van der Waals surface area contributed by atoms with Crippen LogP contribution in [0.15, 0.2) is 73.8 Å². The molecule has 3 saturated heterocycles. The predicted octanol–water partition coefficient (Wildman–Crippen LogP) is 5.14. The molecule has 0 aliphatic carbocycles. The van der Waals surface area contributed by atoms with E-state index in [-0.39, 0.29) is 41.6 Å². The molecular weight excluding hydrogens is 616 g/mol. The van der Waals surface area contributed by atoms with Crippen molar-refractivity contribution in [1.29, 1.82) is 0 Å². The van der Waals surface area contributed by atoms with Gasteiger partial charge in [0.1, 0.15) is 6.04 Å². The standard InChI is InChI=1S/C33H37BrN2O5S/c1-5-7-17-41-32(40)25-26-30(38)36(24(19-37)22-14-9-8-10-15-22)29(33(26)18-23(34)28(25)42-33)31(39)35(16-6-2)27-20(3)12-11-13-21(27)4/h5-6,8-15,23-26,28-29,37H,1-2,7,16-19H2,3-4H3/t23?,24-,25+,26+,28+,29?,33?/m1/s1. The van der Waals surface area contributed by atoms with Crippen LogP contribution in [0.4, 0.5) is 5.69 Å². The van der Waals surface area contributed by atoms with E-state index in [1.807, 2.05) is 62.4 Å². The molecule has 1 spiro atoms. The van der Waals surface area contributed by atoms with Gasteiger partial charge in [0, 0.05) is 22.3 Å². The quantitative estimate of drug-likeness (QED) is 0.157. The molecule has 1 N–H and O–H groups in total. The first kappa shape index (κ1) is 30.6. The Labute approximate surface area is 260 Å². The Balaban J connectivity index is 1.66. The molecule has 2 bridgehead atoms. The first-order valence-corrected chi connectivity index (χ1v) is 16.1. The second kappa shape index (κ2) is 12.4. The number of halogens is 1. The summed E-state index contributed by atoms with van der Waals surface area (Å²) in [5.74, 6) is -2.44. The van der Waals surface area contributed by atoms with Crippen molar-refractivity contribution < 1.29 is 24.2 Å². The average Bonchev–Trinajstić information content (AvgIpc) is 3.57. The van der Waals surface area contributed by atoms with Crippen LogP contribution >= 0.6 is 27.7 Å². The van der Waals surface area contributed by atoms with E-state index in [0.717, 1.165) is 22.4 Å². The molecule has 9 heteroatoms. The molecule has 0 saturated carbocycles. The highest BCUT2D eigenvalue weighted by Gasteiger charge is 2.76. The summed E-state index contributed by atoms with van der Waals surface area (Å²) in [4.78, 5) is 46.4. The highest BCUT2D eigenvalue weighted by molar-refractivity contribution is 9.09. The van der Waals surface area contributed by atoms with Crippen LogP contribution in [-0.4, -0.2) is 68.4 Å². The van der Waals surface area contributed by atoms with E-state index in [4.69, 9.17) is 4.74 Å². The van der Waals surface area contributed by atoms with Gasteiger partial charge in [-0.1, -0.05) is 76.6 Å². The molecule has 2 aromatic rings. The lowest BCUT2D eigenvalue weighted by Gasteiger charge is -2.40. The minimum Gasteiger partial charge on any atom is -0.465 e. The van der Waals surface area contributed by atoms with E-state index >= 15 is 4.79 Å². The van der Waals surface area contributed by atoms with E-state index in [1.54, 1.807) is 33.7 Å². The predicted molar refractivity (Wildman–Crippen MR) is 170 cm³/mol. The zero-order valence-electron chi connectivity index (χ0n) is 23.9. The molecule has 5 rings (SSSR count). The van der Waals surface area contributed by atoms with Crippen molar-refractivity contribution in [2.24, 2.45) is 11.8 Å². The van der Waals surface area contributed by atoms with Crippen LogP contribution in [0.1, 0.15) is 35.6 Å². The molecule has 3 fully saturated rings. The normalized spacial score (nSPS) is 28.3. The van der Waals surface area contributed by atoms with Gasteiger partial charge in [0.05, 0.1) is 35.8 Å². The van der Waals surface area contributed by atoms with Crippen molar-refractivity contribution in [2.45, 2.75) is 53.6 Å². The molecule has 2 amide bonds. The third kappa shape index (κ3) is 4.93. The number of likely N-dealkylation sites (tertiary alicyclic amines) is 1. The van der Waals surface area contributed by atoms with Crippen LogP contribution in [0.2, 0.25) is 0 Å². The number of amides is 2. The van der Waals surface area contributed by atoms with E-state index in [2.05, 4.69) is 29.1 Å². The van der Waals surface area contributed by atoms with Gasteiger partial charge in [-0.25, -0.2) is 0 Å². The highest BCUT2D eigenvalue weighted by Crippen LogP contribution is 2.68. The lowest BCUT2D eigenvalue weighted by atomic mass is 9.71. The zero-order chi connectivity index (χ0) is 30.2. The number of aryl methyl sites for hydroxylation is 2. The van der Waals surface area contributed by atoms with Crippen molar-refractivity contribution in [1.82, 2.24) is 4.90 Å². The Kier molecular flexibility index (Phi) is 9.02. The minimum atomic E-state index is -0.924. The van der Waals surface area contributed by atoms with Gasteiger partial charge in [-0.2, -0.15) is 0 Å². The third-order valence-electron chi connectivity index (χ3n) is 8.78. The van der Waals surface area contributed by atoms with Crippen molar-refractivity contribution in [2.75, 3.05) is 24.7 Å². The maximum atomic E-state index is 15.0. The molecule has 3 aliphatic heterocycles. The van der Waals surface area contributed by atoms with Gasteiger partial charge in [0.25, 0.3) is 5.91 Å². The van der Waals surface area contributed by atoms with E-state index in [1.165, 1.54) is 0 Å². The summed E-state index contributed by atoms with van der Waals surface area (Å²) >= 11 is 5.36. The number of anilines is 1.